The summed E-state index contributed by atoms with van der Waals surface area (Å²) >= 11 is 9.76. The average molecular weight is 348 g/mol. The van der Waals surface area contributed by atoms with Gasteiger partial charge in [0, 0.05) is 15.9 Å². The fraction of sp³-hybridized carbons (Fsp3) is 0.625. The van der Waals surface area contributed by atoms with Crippen molar-refractivity contribution in [3.63, 3.8) is 0 Å². The second kappa shape index (κ2) is 9.79. The highest BCUT2D eigenvalue weighted by Crippen LogP contribution is 2.28. The van der Waals surface area contributed by atoms with Crippen LogP contribution in [0.3, 0.4) is 0 Å². The van der Waals surface area contributed by atoms with Crippen LogP contribution in [0.2, 0.25) is 5.02 Å². The van der Waals surface area contributed by atoms with Crippen molar-refractivity contribution in [2.75, 3.05) is 11.9 Å². The van der Waals surface area contributed by atoms with Gasteiger partial charge in [0.2, 0.25) is 0 Å². The average Bonchev–Trinajstić information content (AvgIpc) is 2.44. The number of hydrogen-bond acceptors (Lipinski definition) is 1. The van der Waals surface area contributed by atoms with E-state index < -0.39 is 0 Å². The van der Waals surface area contributed by atoms with Crippen molar-refractivity contribution in [1.29, 1.82) is 0 Å². The van der Waals surface area contributed by atoms with E-state index in [2.05, 4.69) is 29.8 Å². The molecule has 1 nitrogen and oxygen atoms in total. The Bertz CT molecular complexity index is 356. The highest BCUT2D eigenvalue weighted by molar-refractivity contribution is 9.09. The van der Waals surface area contributed by atoms with Gasteiger partial charge in [0.05, 0.1) is 12.7 Å². The monoisotopic (exact) mass is 346 g/mol. The van der Waals surface area contributed by atoms with Crippen LogP contribution in [0.1, 0.15) is 51.2 Å². The predicted molar refractivity (Wildman–Crippen MR) is 87.2 cm³/mol. The van der Waals surface area contributed by atoms with Crippen LogP contribution >= 0.6 is 27.5 Å². The van der Waals surface area contributed by atoms with E-state index in [0.717, 1.165) is 22.5 Å². The molecular formula is C16H24BrClO. The molecule has 1 rings (SSSR count). The molecule has 1 aromatic rings. The van der Waals surface area contributed by atoms with Gasteiger partial charge in [-0.15, -0.1) is 0 Å². The molecular weight excluding hydrogens is 324 g/mol. The smallest absolute Gasteiger partial charge is 0.0936 e. The maximum atomic E-state index is 6.23. The van der Waals surface area contributed by atoms with Gasteiger partial charge in [-0.2, -0.15) is 0 Å². The highest BCUT2D eigenvalue weighted by Gasteiger charge is 2.16. The minimum atomic E-state index is 0.0457. The number of benzene rings is 1. The van der Waals surface area contributed by atoms with Crippen molar-refractivity contribution in [3.8, 4) is 0 Å². The van der Waals surface area contributed by atoms with Gasteiger partial charge in [-0.1, -0.05) is 78.8 Å². The number of ether oxygens (including phenoxy) is 1. The minimum Gasteiger partial charge on any atom is -0.372 e. The molecule has 2 atom stereocenters. The molecule has 0 aliphatic rings. The molecule has 0 heterocycles. The molecule has 0 aliphatic carbocycles. The van der Waals surface area contributed by atoms with Crippen LogP contribution in [0, 0.1) is 5.92 Å². The van der Waals surface area contributed by atoms with E-state index in [1.54, 1.807) is 0 Å². The maximum Gasteiger partial charge on any atom is 0.0936 e. The molecule has 1 aromatic carbocycles. The zero-order valence-corrected chi connectivity index (χ0v) is 14.2. The zero-order chi connectivity index (χ0) is 14.1. The summed E-state index contributed by atoms with van der Waals surface area (Å²) in [7, 11) is 0. The van der Waals surface area contributed by atoms with Crippen molar-refractivity contribution in [3.05, 3.63) is 34.9 Å². The number of alkyl halides is 1. The van der Waals surface area contributed by atoms with Crippen LogP contribution in [0.4, 0.5) is 0 Å². The van der Waals surface area contributed by atoms with Gasteiger partial charge < -0.3 is 4.74 Å². The van der Waals surface area contributed by atoms with Gasteiger partial charge in [-0.25, -0.2) is 0 Å². The molecule has 0 saturated heterocycles. The van der Waals surface area contributed by atoms with Gasteiger partial charge in [0.15, 0.2) is 0 Å². The molecule has 0 saturated carbocycles. The number of rotatable bonds is 9. The Morgan fingerprint density at radius 2 is 2.00 bits per heavy atom. The fourth-order valence-electron chi connectivity index (χ4n) is 2.10. The lowest BCUT2D eigenvalue weighted by atomic mass is 10.0. The van der Waals surface area contributed by atoms with Crippen molar-refractivity contribution in [1.82, 2.24) is 0 Å². The quantitative estimate of drug-likeness (QED) is 0.497. The minimum absolute atomic E-state index is 0.0457. The summed E-state index contributed by atoms with van der Waals surface area (Å²) in [5.41, 5.74) is 1.08. The molecule has 0 aromatic heterocycles. The molecule has 0 fully saturated rings. The van der Waals surface area contributed by atoms with E-state index in [4.69, 9.17) is 16.3 Å². The third-order valence-electron chi connectivity index (χ3n) is 3.47. The Hall–Kier alpha value is -0.0500. The first kappa shape index (κ1) is 17.0. The summed E-state index contributed by atoms with van der Waals surface area (Å²) in [6.07, 6.45) is 5.02. The lowest BCUT2D eigenvalue weighted by Gasteiger charge is -2.21. The van der Waals surface area contributed by atoms with Crippen molar-refractivity contribution < 1.29 is 4.74 Å². The van der Waals surface area contributed by atoms with Gasteiger partial charge in [0.25, 0.3) is 0 Å². The first-order chi connectivity index (χ1) is 9.22. The second-order valence-electron chi connectivity index (χ2n) is 4.91. The van der Waals surface area contributed by atoms with E-state index in [1.807, 2.05) is 24.3 Å². The van der Waals surface area contributed by atoms with E-state index in [1.165, 1.54) is 25.7 Å². The summed E-state index contributed by atoms with van der Waals surface area (Å²) in [5, 5.41) is 1.56. The normalized spacial score (nSPS) is 14.3. The van der Waals surface area contributed by atoms with Gasteiger partial charge in [-0.3, -0.25) is 0 Å². The molecule has 0 bridgehead atoms. The van der Waals surface area contributed by atoms with E-state index in [9.17, 15) is 0 Å². The number of halogens is 2. The van der Waals surface area contributed by atoms with Crippen molar-refractivity contribution >= 4 is 27.5 Å². The molecule has 0 N–H and O–H groups in total. The molecule has 3 heteroatoms. The van der Waals surface area contributed by atoms with Crippen molar-refractivity contribution in [2.45, 2.75) is 45.6 Å². The SMILES string of the molecule is CCCCC(CC)COC(CBr)c1ccccc1Cl. The predicted octanol–water partition coefficient (Wildman–Crippen LogP) is 6.01. The molecule has 108 valence electrons. The Morgan fingerprint density at radius 3 is 2.58 bits per heavy atom. The summed E-state index contributed by atoms with van der Waals surface area (Å²) in [4.78, 5) is 0. The molecule has 2 unspecified atom stereocenters. The van der Waals surface area contributed by atoms with Crippen LogP contribution in [-0.2, 0) is 4.74 Å². The number of hydrogen-bond donors (Lipinski definition) is 0. The fourth-order valence-corrected chi connectivity index (χ4v) is 2.90. The Morgan fingerprint density at radius 1 is 1.26 bits per heavy atom. The first-order valence-corrected chi connectivity index (χ1v) is 8.64. The van der Waals surface area contributed by atoms with Gasteiger partial charge in [0.1, 0.15) is 0 Å². The molecule has 0 radical (unpaired) electrons. The Balaban J connectivity index is 2.55. The molecule has 0 aliphatic heterocycles. The van der Waals surface area contributed by atoms with Crippen molar-refractivity contribution in [2.24, 2.45) is 5.92 Å². The zero-order valence-electron chi connectivity index (χ0n) is 11.9. The standard InChI is InChI=1S/C16H24BrClO/c1-3-5-8-13(4-2)12-19-16(11-17)14-9-6-7-10-15(14)18/h6-7,9-10,13,16H,3-5,8,11-12H2,1-2H3. The third-order valence-corrected chi connectivity index (χ3v) is 4.40. The molecule has 0 amide bonds. The topological polar surface area (TPSA) is 9.23 Å². The lowest BCUT2D eigenvalue weighted by molar-refractivity contribution is 0.0393. The van der Waals surface area contributed by atoms with Crippen LogP contribution in [0.5, 0.6) is 0 Å². The van der Waals surface area contributed by atoms with E-state index in [0.29, 0.717) is 5.92 Å². The Kier molecular flexibility index (Phi) is 8.76. The van der Waals surface area contributed by atoms with Crippen LogP contribution < -0.4 is 0 Å². The van der Waals surface area contributed by atoms with Crippen LogP contribution in [-0.4, -0.2) is 11.9 Å². The molecule has 0 spiro atoms. The highest BCUT2D eigenvalue weighted by atomic mass is 79.9. The number of unbranched alkanes of at least 4 members (excludes halogenated alkanes) is 1. The van der Waals surface area contributed by atoms with Crippen LogP contribution in [0.15, 0.2) is 24.3 Å². The summed E-state index contributed by atoms with van der Waals surface area (Å²) in [5.74, 6) is 0.656. The largest absolute Gasteiger partial charge is 0.372 e. The Labute approximate surface area is 130 Å². The maximum absolute atomic E-state index is 6.23. The van der Waals surface area contributed by atoms with Gasteiger partial charge >= 0.3 is 0 Å². The van der Waals surface area contributed by atoms with Crippen LogP contribution in [0.25, 0.3) is 0 Å². The lowest BCUT2D eigenvalue weighted by Crippen LogP contribution is -2.14. The first-order valence-electron chi connectivity index (χ1n) is 7.14. The summed E-state index contributed by atoms with van der Waals surface area (Å²) < 4.78 is 6.08. The summed E-state index contributed by atoms with van der Waals surface area (Å²) in [6, 6.07) is 7.92. The summed E-state index contributed by atoms with van der Waals surface area (Å²) in [6.45, 7) is 5.29. The van der Waals surface area contributed by atoms with E-state index >= 15 is 0 Å². The van der Waals surface area contributed by atoms with Gasteiger partial charge in [-0.05, 0) is 18.4 Å². The second-order valence-corrected chi connectivity index (χ2v) is 5.97. The molecule has 19 heavy (non-hydrogen) atoms. The third kappa shape index (κ3) is 5.85. The van der Waals surface area contributed by atoms with E-state index in [-0.39, 0.29) is 6.10 Å².